The summed E-state index contributed by atoms with van der Waals surface area (Å²) in [6, 6.07) is 9.87. The highest BCUT2D eigenvalue weighted by Gasteiger charge is 2.36. The van der Waals surface area contributed by atoms with Crippen molar-refractivity contribution in [3.8, 4) is 11.5 Å². The number of carbonyl (C=O) groups is 3. The molecule has 1 aliphatic rings. The molecule has 10 heteroatoms. The summed E-state index contributed by atoms with van der Waals surface area (Å²) in [6.45, 7) is 1.83. The van der Waals surface area contributed by atoms with E-state index < -0.39 is 23.6 Å². The van der Waals surface area contributed by atoms with Crippen LogP contribution in [0.25, 0.3) is 6.08 Å². The summed E-state index contributed by atoms with van der Waals surface area (Å²) in [5.41, 5.74) is 0.873. The number of hydrogen-bond acceptors (Lipinski definition) is 6. The minimum atomic E-state index is -0.590. The number of carbonyl (C=O) groups excluding carboxylic acids is 3. The van der Waals surface area contributed by atoms with Crippen LogP contribution in [0, 0.1) is 0 Å². The normalized spacial score (nSPS) is 14.8. The van der Waals surface area contributed by atoms with Crippen molar-refractivity contribution in [3.63, 3.8) is 0 Å². The summed E-state index contributed by atoms with van der Waals surface area (Å²) in [5.74, 6) is -0.224. The molecule has 2 aromatic carbocycles. The molecule has 0 aromatic heterocycles. The van der Waals surface area contributed by atoms with E-state index in [9.17, 15) is 14.4 Å². The van der Waals surface area contributed by atoms with Gasteiger partial charge in [-0.05, 0) is 48.5 Å². The molecule has 0 saturated carbocycles. The highest BCUT2D eigenvalue weighted by atomic mass is 35.5. The first-order chi connectivity index (χ1) is 14.8. The number of anilines is 1. The summed E-state index contributed by atoms with van der Waals surface area (Å²) < 4.78 is 10.8. The number of nitrogens with one attached hydrogen (secondary N) is 1. The van der Waals surface area contributed by atoms with Gasteiger partial charge in [-0.15, -0.1) is 0 Å². The van der Waals surface area contributed by atoms with Gasteiger partial charge in [0.25, 0.3) is 11.1 Å². The third-order valence-electron chi connectivity index (χ3n) is 4.19. The molecule has 31 heavy (non-hydrogen) atoms. The third-order valence-corrected chi connectivity index (χ3v) is 5.76. The highest BCUT2D eigenvalue weighted by Crippen LogP contribution is 2.38. The number of halogens is 2. The SMILES string of the molecule is CCOc1cc(Cl)c(/C=C2/SC(=O)N(CC(=O)Nc3ccccc3Cl)C2=O)cc1OC. The van der Waals surface area contributed by atoms with Gasteiger partial charge in [0, 0.05) is 6.07 Å². The average molecular weight is 481 g/mol. The Labute approximate surface area is 193 Å². The Balaban J connectivity index is 1.77. The Bertz CT molecular complexity index is 1070. The predicted octanol–water partition coefficient (Wildman–Crippen LogP) is 5.08. The first-order valence-corrected chi connectivity index (χ1v) is 10.7. The largest absolute Gasteiger partial charge is 0.493 e. The molecule has 3 amide bonds. The van der Waals surface area contributed by atoms with E-state index in [1.165, 1.54) is 13.2 Å². The lowest BCUT2D eigenvalue weighted by atomic mass is 10.1. The molecule has 0 unspecified atom stereocenters. The van der Waals surface area contributed by atoms with Crippen LogP contribution in [0.3, 0.4) is 0 Å². The minimum absolute atomic E-state index is 0.142. The number of thioether (sulfide) groups is 1. The second-order valence-electron chi connectivity index (χ2n) is 6.25. The van der Waals surface area contributed by atoms with Crippen molar-refractivity contribution in [2.24, 2.45) is 0 Å². The zero-order chi connectivity index (χ0) is 22.5. The van der Waals surface area contributed by atoms with E-state index >= 15 is 0 Å². The second-order valence-corrected chi connectivity index (χ2v) is 8.06. The van der Waals surface area contributed by atoms with Gasteiger partial charge in [-0.2, -0.15) is 0 Å². The molecule has 3 rings (SSSR count). The number of methoxy groups -OCH3 is 1. The van der Waals surface area contributed by atoms with Crippen molar-refractivity contribution < 1.29 is 23.9 Å². The maximum atomic E-state index is 12.7. The molecule has 1 saturated heterocycles. The lowest BCUT2D eigenvalue weighted by Gasteiger charge is -2.13. The zero-order valence-electron chi connectivity index (χ0n) is 16.6. The molecule has 0 atom stereocenters. The van der Waals surface area contributed by atoms with Crippen LogP contribution in [-0.4, -0.2) is 42.2 Å². The number of nitrogens with zero attached hydrogens (tertiary/aromatic N) is 1. The Kier molecular flexibility index (Phi) is 7.48. The number of para-hydroxylation sites is 1. The second kappa shape index (κ2) is 10.1. The quantitative estimate of drug-likeness (QED) is 0.556. The van der Waals surface area contributed by atoms with Gasteiger partial charge < -0.3 is 14.8 Å². The van der Waals surface area contributed by atoms with E-state index in [1.54, 1.807) is 36.4 Å². The van der Waals surface area contributed by atoms with Crippen molar-refractivity contribution >= 4 is 63.8 Å². The third kappa shape index (κ3) is 5.33. The molecule has 1 heterocycles. The molecule has 0 radical (unpaired) electrons. The summed E-state index contributed by atoms with van der Waals surface area (Å²) in [7, 11) is 1.49. The maximum Gasteiger partial charge on any atom is 0.294 e. The van der Waals surface area contributed by atoms with E-state index in [2.05, 4.69) is 5.32 Å². The van der Waals surface area contributed by atoms with Crippen molar-refractivity contribution in [2.75, 3.05) is 25.6 Å². The van der Waals surface area contributed by atoms with Gasteiger partial charge in [-0.1, -0.05) is 35.3 Å². The highest BCUT2D eigenvalue weighted by molar-refractivity contribution is 8.18. The summed E-state index contributed by atoms with van der Waals surface area (Å²) in [4.78, 5) is 38.4. The summed E-state index contributed by atoms with van der Waals surface area (Å²) in [6.07, 6.45) is 1.48. The smallest absolute Gasteiger partial charge is 0.294 e. The van der Waals surface area contributed by atoms with Crippen LogP contribution in [0.15, 0.2) is 41.3 Å². The van der Waals surface area contributed by atoms with Gasteiger partial charge in [0.2, 0.25) is 5.91 Å². The molecule has 1 aliphatic heterocycles. The van der Waals surface area contributed by atoms with Crippen molar-refractivity contribution in [3.05, 3.63) is 56.9 Å². The standard InChI is InChI=1S/C21H18Cl2N2O5S/c1-3-30-17-10-14(23)12(8-16(17)29-2)9-18-20(27)25(21(28)31-18)11-19(26)24-15-7-5-4-6-13(15)22/h4-10H,3,11H2,1-2H3,(H,24,26)/b18-9+. The van der Waals surface area contributed by atoms with Gasteiger partial charge >= 0.3 is 0 Å². The predicted molar refractivity (Wildman–Crippen MR) is 122 cm³/mol. The fraction of sp³-hybridized carbons (Fsp3) is 0.190. The molecule has 7 nitrogen and oxygen atoms in total. The van der Waals surface area contributed by atoms with Crippen LogP contribution >= 0.6 is 35.0 Å². The van der Waals surface area contributed by atoms with Crippen LogP contribution in [0.2, 0.25) is 10.0 Å². The molecular formula is C21H18Cl2N2O5S. The van der Waals surface area contributed by atoms with Crippen molar-refractivity contribution in [1.29, 1.82) is 0 Å². The fourth-order valence-corrected chi connectivity index (χ4v) is 3.98. The molecule has 1 N–H and O–H groups in total. The Morgan fingerprint density at radius 2 is 1.90 bits per heavy atom. The number of ether oxygens (including phenoxy) is 2. The molecule has 0 aliphatic carbocycles. The van der Waals surface area contributed by atoms with Crippen LogP contribution < -0.4 is 14.8 Å². The average Bonchev–Trinajstić information content (AvgIpc) is 2.99. The molecular weight excluding hydrogens is 463 g/mol. The first kappa shape index (κ1) is 23.0. The fourth-order valence-electron chi connectivity index (χ4n) is 2.76. The number of hydrogen-bond donors (Lipinski definition) is 1. The van der Waals surface area contributed by atoms with Gasteiger partial charge in [0.1, 0.15) is 6.54 Å². The monoisotopic (exact) mass is 480 g/mol. The van der Waals surface area contributed by atoms with Crippen molar-refractivity contribution in [1.82, 2.24) is 4.90 Å². The zero-order valence-corrected chi connectivity index (χ0v) is 18.9. The lowest BCUT2D eigenvalue weighted by Crippen LogP contribution is -2.36. The summed E-state index contributed by atoms with van der Waals surface area (Å²) in [5, 5.41) is 2.71. The topological polar surface area (TPSA) is 84.9 Å². The Morgan fingerprint density at radius 3 is 2.58 bits per heavy atom. The Morgan fingerprint density at radius 1 is 1.16 bits per heavy atom. The lowest BCUT2D eigenvalue weighted by molar-refractivity contribution is -0.127. The van der Waals surface area contributed by atoms with Gasteiger partial charge in [-0.3, -0.25) is 19.3 Å². The van der Waals surface area contributed by atoms with Gasteiger partial charge in [-0.25, -0.2) is 0 Å². The van der Waals surface area contributed by atoms with Crippen molar-refractivity contribution in [2.45, 2.75) is 6.92 Å². The van der Waals surface area contributed by atoms with Crippen LogP contribution in [0.4, 0.5) is 10.5 Å². The molecule has 0 bridgehead atoms. The minimum Gasteiger partial charge on any atom is -0.493 e. The van der Waals surface area contributed by atoms with E-state index in [-0.39, 0.29) is 4.91 Å². The number of imide groups is 1. The van der Waals surface area contributed by atoms with Crippen LogP contribution in [0.1, 0.15) is 12.5 Å². The molecule has 1 fully saturated rings. The maximum absolute atomic E-state index is 12.7. The molecule has 162 valence electrons. The summed E-state index contributed by atoms with van der Waals surface area (Å²) >= 11 is 13.1. The van der Waals surface area contributed by atoms with Gasteiger partial charge in [0.05, 0.1) is 34.4 Å². The van der Waals surface area contributed by atoms with Gasteiger partial charge in [0.15, 0.2) is 11.5 Å². The molecule has 2 aromatic rings. The number of amides is 3. The van der Waals surface area contributed by atoms with Crippen LogP contribution in [-0.2, 0) is 9.59 Å². The molecule has 0 spiro atoms. The number of benzene rings is 2. The van der Waals surface area contributed by atoms with E-state index in [0.717, 1.165) is 16.7 Å². The van der Waals surface area contributed by atoms with Crippen LogP contribution in [0.5, 0.6) is 11.5 Å². The number of rotatable bonds is 7. The van der Waals surface area contributed by atoms with E-state index in [1.807, 2.05) is 6.92 Å². The Hall–Kier alpha value is -2.68. The first-order valence-electron chi connectivity index (χ1n) is 9.14. The van der Waals surface area contributed by atoms with E-state index in [4.69, 9.17) is 32.7 Å². The van der Waals surface area contributed by atoms with E-state index in [0.29, 0.717) is 39.4 Å².